The standard InChI is InChI=1S/C10H8Cl2N4/c11-9-1-7(2-10(12)16-9)3-15-8-4-13-6-14-5-8/h1-2,4-6,15H,3H2. The van der Waals surface area contributed by atoms with Crippen molar-refractivity contribution >= 4 is 28.9 Å². The van der Waals surface area contributed by atoms with E-state index in [1.165, 1.54) is 6.33 Å². The van der Waals surface area contributed by atoms with Crippen LogP contribution in [0.5, 0.6) is 0 Å². The molecule has 2 aromatic heterocycles. The van der Waals surface area contributed by atoms with E-state index in [9.17, 15) is 0 Å². The Kier molecular flexibility index (Phi) is 3.54. The molecule has 0 atom stereocenters. The number of hydrogen-bond acceptors (Lipinski definition) is 4. The van der Waals surface area contributed by atoms with Gasteiger partial charge in [-0.15, -0.1) is 0 Å². The first kappa shape index (κ1) is 11.1. The molecule has 82 valence electrons. The highest BCUT2D eigenvalue weighted by Crippen LogP contribution is 2.15. The van der Waals surface area contributed by atoms with Crippen molar-refractivity contribution in [3.63, 3.8) is 0 Å². The summed E-state index contributed by atoms with van der Waals surface area (Å²) in [4.78, 5) is 11.7. The van der Waals surface area contributed by atoms with Crippen LogP contribution < -0.4 is 5.32 Å². The summed E-state index contributed by atoms with van der Waals surface area (Å²) < 4.78 is 0. The molecule has 2 rings (SSSR count). The lowest BCUT2D eigenvalue weighted by Crippen LogP contribution is -2.00. The molecule has 1 N–H and O–H groups in total. The quantitative estimate of drug-likeness (QED) is 0.857. The third-order valence-corrected chi connectivity index (χ3v) is 2.27. The van der Waals surface area contributed by atoms with E-state index < -0.39 is 0 Å². The van der Waals surface area contributed by atoms with Gasteiger partial charge in [0.15, 0.2) is 0 Å². The van der Waals surface area contributed by atoms with Gasteiger partial charge in [-0.1, -0.05) is 23.2 Å². The second-order valence-electron chi connectivity index (χ2n) is 3.10. The fourth-order valence-electron chi connectivity index (χ4n) is 1.21. The summed E-state index contributed by atoms with van der Waals surface area (Å²) in [5, 5.41) is 3.91. The summed E-state index contributed by atoms with van der Waals surface area (Å²) in [5.41, 5.74) is 1.79. The fraction of sp³-hybridized carbons (Fsp3) is 0.100. The number of pyridine rings is 1. The second kappa shape index (κ2) is 5.09. The Morgan fingerprint density at radius 2 is 1.69 bits per heavy atom. The highest BCUT2D eigenvalue weighted by Gasteiger charge is 1.99. The summed E-state index contributed by atoms with van der Waals surface area (Å²) in [6.07, 6.45) is 4.86. The van der Waals surface area contributed by atoms with Crippen molar-refractivity contribution in [3.8, 4) is 0 Å². The van der Waals surface area contributed by atoms with Crippen molar-refractivity contribution in [1.82, 2.24) is 15.0 Å². The van der Waals surface area contributed by atoms with E-state index >= 15 is 0 Å². The zero-order valence-corrected chi connectivity index (χ0v) is 9.70. The van der Waals surface area contributed by atoms with Crippen LogP contribution in [0.3, 0.4) is 0 Å². The number of nitrogens with one attached hydrogen (secondary N) is 1. The molecule has 6 heteroatoms. The van der Waals surface area contributed by atoms with Gasteiger partial charge < -0.3 is 5.32 Å². The molecule has 0 bridgehead atoms. The number of nitrogens with zero attached hydrogens (tertiary/aromatic N) is 3. The van der Waals surface area contributed by atoms with Crippen LogP contribution in [0.25, 0.3) is 0 Å². The molecule has 2 aromatic rings. The van der Waals surface area contributed by atoms with Gasteiger partial charge in [-0.3, -0.25) is 0 Å². The number of rotatable bonds is 3. The maximum Gasteiger partial charge on any atom is 0.131 e. The molecule has 0 aliphatic heterocycles. The largest absolute Gasteiger partial charge is 0.378 e. The number of halogens is 2. The SMILES string of the molecule is Clc1cc(CNc2cncnc2)cc(Cl)n1. The van der Waals surface area contributed by atoms with Gasteiger partial charge in [0.2, 0.25) is 0 Å². The minimum atomic E-state index is 0.383. The van der Waals surface area contributed by atoms with Crippen LogP contribution in [0.4, 0.5) is 5.69 Å². The van der Waals surface area contributed by atoms with Gasteiger partial charge in [-0.25, -0.2) is 15.0 Å². The molecule has 0 unspecified atom stereocenters. The van der Waals surface area contributed by atoms with Crippen LogP contribution in [0.15, 0.2) is 30.9 Å². The first-order chi connectivity index (χ1) is 7.74. The zero-order chi connectivity index (χ0) is 11.4. The fourth-order valence-corrected chi connectivity index (χ4v) is 1.72. The molecule has 0 fully saturated rings. The molecular weight excluding hydrogens is 247 g/mol. The molecule has 0 aliphatic rings. The maximum absolute atomic E-state index is 5.78. The van der Waals surface area contributed by atoms with Crippen molar-refractivity contribution in [2.45, 2.75) is 6.54 Å². The van der Waals surface area contributed by atoms with Crippen LogP contribution >= 0.6 is 23.2 Å². The summed E-state index contributed by atoms with van der Waals surface area (Å²) >= 11 is 11.6. The van der Waals surface area contributed by atoms with Crippen molar-refractivity contribution in [3.05, 3.63) is 46.7 Å². The molecule has 0 amide bonds. The van der Waals surface area contributed by atoms with Gasteiger partial charge in [0.05, 0.1) is 18.1 Å². The molecule has 16 heavy (non-hydrogen) atoms. The van der Waals surface area contributed by atoms with Gasteiger partial charge >= 0.3 is 0 Å². The highest BCUT2D eigenvalue weighted by atomic mass is 35.5. The summed E-state index contributed by atoms with van der Waals surface area (Å²) in [7, 11) is 0. The Labute approximate surface area is 103 Å². The third-order valence-electron chi connectivity index (χ3n) is 1.88. The van der Waals surface area contributed by atoms with E-state index in [4.69, 9.17) is 23.2 Å². The molecule has 0 saturated heterocycles. The molecule has 0 saturated carbocycles. The van der Waals surface area contributed by atoms with Gasteiger partial charge in [0.1, 0.15) is 16.6 Å². The molecule has 0 spiro atoms. The highest BCUT2D eigenvalue weighted by molar-refractivity contribution is 6.32. The maximum atomic E-state index is 5.78. The Morgan fingerprint density at radius 1 is 1.06 bits per heavy atom. The average molecular weight is 255 g/mol. The monoisotopic (exact) mass is 254 g/mol. The Morgan fingerprint density at radius 3 is 2.31 bits per heavy atom. The van der Waals surface area contributed by atoms with E-state index in [0.29, 0.717) is 16.9 Å². The second-order valence-corrected chi connectivity index (χ2v) is 3.88. The molecule has 0 aromatic carbocycles. The molecule has 4 nitrogen and oxygen atoms in total. The lowest BCUT2D eigenvalue weighted by molar-refractivity contribution is 1.09. The summed E-state index contributed by atoms with van der Waals surface area (Å²) in [6.45, 7) is 0.593. The number of aromatic nitrogens is 3. The normalized spacial score (nSPS) is 10.1. The van der Waals surface area contributed by atoms with E-state index in [-0.39, 0.29) is 0 Å². The van der Waals surface area contributed by atoms with Crippen molar-refractivity contribution < 1.29 is 0 Å². The van der Waals surface area contributed by atoms with Crippen LogP contribution in [0.1, 0.15) is 5.56 Å². The number of hydrogen-bond donors (Lipinski definition) is 1. The average Bonchev–Trinajstić information content (AvgIpc) is 2.27. The number of anilines is 1. The molecule has 0 radical (unpaired) electrons. The molecule has 0 aliphatic carbocycles. The first-order valence-electron chi connectivity index (χ1n) is 4.55. The Balaban J connectivity index is 2.05. The van der Waals surface area contributed by atoms with E-state index in [1.807, 2.05) is 0 Å². The third kappa shape index (κ3) is 3.05. The van der Waals surface area contributed by atoms with Gasteiger partial charge in [-0.05, 0) is 17.7 Å². The molecular formula is C10H8Cl2N4. The summed E-state index contributed by atoms with van der Waals surface area (Å²) in [5.74, 6) is 0. The van der Waals surface area contributed by atoms with Crippen molar-refractivity contribution in [2.75, 3.05) is 5.32 Å². The topological polar surface area (TPSA) is 50.7 Å². The van der Waals surface area contributed by atoms with Crippen LogP contribution in [0, 0.1) is 0 Å². The van der Waals surface area contributed by atoms with E-state index in [0.717, 1.165) is 11.3 Å². The predicted molar refractivity (Wildman–Crippen MR) is 63.6 cm³/mol. The van der Waals surface area contributed by atoms with E-state index in [2.05, 4.69) is 20.3 Å². The molecule has 2 heterocycles. The van der Waals surface area contributed by atoms with Crippen LogP contribution in [0.2, 0.25) is 10.3 Å². The van der Waals surface area contributed by atoms with Crippen LogP contribution in [-0.2, 0) is 6.54 Å². The predicted octanol–water partition coefficient (Wildman–Crippen LogP) is 2.79. The van der Waals surface area contributed by atoms with Gasteiger partial charge in [-0.2, -0.15) is 0 Å². The zero-order valence-electron chi connectivity index (χ0n) is 8.19. The Bertz CT molecular complexity index is 455. The summed E-state index contributed by atoms with van der Waals surface area (Å²) in [6, 6.07) is 3.51. The smallest absolute Gasteiger partial charge is 0.131 e. The lowest BCUT2D eigenvalue weighted by atomic mass is 10.2. The lowest BCUT2D eigenvalue weighted by Gasteiger charge is -2.05. The first-order valence-corrected chi connectivity index (χ1v) is 5.30. The van der Waals surface area contributed by atoms with Gasteiger partial charge in [0.25, 0.3) is 0 Å². The Hall–Kier alpha value is -1.39. The minimum Gasteiger partial charge on any atom is -0.378 e. The van der Waals surface area contributed by atoms with Crippen molar-refractivity contribution in [1.29, 1.82) is 0 Å². The minimum absolute atomic E-state index is 0.383. The van der Waals surface area contributed by atoms with E-state index in [1.54, 1.807) is 24.5 Å². The van der Waals surface area contributed by atoms with Gasteiger partial charge in [0, 0.05) is 6.54 Å². The van der Waals surface area contributed by atoms with Crippen LogP contribution in [-0.4, -0.2) is 15.0 Å². The van der Waals surface area contributed by atoms with Crippen molar-refractivity contribution in [2.24, 2.45) is 0 Å².